The Bertz CT molecular complexity index is 986. The summed E-state index contributed by atoms with van der Waals surface area (Å²) >= 11 is 0. The molecule has 0 spiro atoms. The van der Waals surface area contributed by atoms with Crippen LogP contribution in [0.15, 0.2) is 58.3 Å². The minimum atomic E-state index is -3.85. The standard InChI is InChI=1S/C18H25N3O4S2/c1-5-14-21(4)18-9-7-6-8-17(18)19-26(22,23)15-10-12-16(13-11-15)27(24,25)20(2)3/h6-13,19H,5,14H2,1-4H3. The van der Waals surface area contributed by atoms with E-state index in [2.05, 4.69) is 4.72 Å². The van der Waals surface area contributed by atoms with Crippen LogP contribution in [0.1, 0.15) is 13.3 Å². The first kappa shape index (κ1) is 21.2. The van der Waals surface area contributed by atoms with E-state index in [1.54, 1.807) is 12.1 Å². The second-order valence-corrected chi connectivity index (χ2v) is 10.1. The van der Waals surface area contributed by atoms with E-state index >= 15 is 0 Å². The summed E-state index contributed by atoms with van der Waals surface area (Å²) in [4.78, 5) is 2.01. The number of rotatable bonds is 8. The molecule has 0 atom stereocenters. The molecule has 148 valence electrons. The Balaban J connectivity index is 2.33. The van der Waals surface area contributed by atoms with E-state index in [1.165, 1.54) is 38.4 Å². The number of benzene rings is 2. The van der Waals surface area contributed by atoms with Crippen LogP contribution in [-0.2, 0) is 20.0 Å². The van der Waals surface area contributed by atoms with Gasteiger partial charge in [0.15, 0.2) is 0 Å². The molecule has 0 fully saturated rings. The molecule has 0 aliphatic carbocycles. The van der Waals surface area contributed by atoms with Crippen LogP contribution in [0.2, 0.25) is 0 Å². The van der Waals surface area contributed by atoms with Crippen LogP contribution in [0, 0.1) is 0 Å². The summed E-state index contributed by atoms with van der Waals surface area (Å²) in [5.74, 6) is 0. The molecule has 0 aromatic heterocycles. The zero-order valence-electron chi connectivity index (χ0n) is 15.9. The van der Waals surface area contributed by atoms with E-state index in [-0.39, 0.29) is 9.79 Å². The minimum Gasteiger partial charge on any atom is -0.373 e. The van der Waals surface area contributed by atoms with E-state index in [1.807, 2.05) is 31.0 Å². The lowest BCUT2D eigenvalue weighted by molar-refractivity contribution is 0.520. The summed E-state index contributed by atoms with van der Waals surface area (Å²) in [6.07, 6.45) is 0.930. The number of para-hydroxylation sites is 2. The SMILES string of the molecule is CCCN(C)c1ccccc1NS(=O)(=O)c1ccc(S(=O)(=O)N(C)C)cc1. The van der Waals surface area contributed by atoms with Crippen molar-refractivity contribution in [2.75, 3.05) is 37.3 Å². The van der Waals surface area contributed by atoms with Crippen LogP contribution in [0.5, 0.6) is 0 Å². The van der Waals surface area contributed by atoms with Gasteiger partial charge in [0.2, 0.25) is 10.0 Å². The molecular formula is C18H25N3O4S2. The zero-order chi connectivity index (χ0) is 20.2. The third kappa shape index (κ3) is 4.79. The van der Waals surface area contributed by atoms with Gasteiger partial charge in [0.1, 0.15) is 0 Å². The normalized spacial score (nSPS) is 12.2. The van der Waals surface area contributed by atoms with Gasteiger partial charge >= 0.3 is 0 Å². The monoisotopic (exact) mass is 411 g/mol. The Labute approximate surface area is 161 Å². The predicted octanol–water partition coefficient (Wildman–Crippen LogP) is 2.58. The van der Waals surface area contributed by atoms with Gasteiger partial charge in [-0.1, -0.05) is 19.1 Å². The highest BCUT2D eigenvalue weighted by molar-refractivity contribution is 7.92. The summed E-state index contributed by atoms with van der Waals surface area (Å²) in [6.45, 7) is 2.84. The fourth-order valence-corrected chi connectivity index (χ4v) is 4.53. The van der Waals surface area contributed by atoms with Gasteiger partial charge in [-0.05, 0) is 42.8 Å². The molecule has 9 heteroatoms. The van der Waals surface area contributed by atoms with E-state index in [4.69, 9.17) is 0 Å². The van der Waals surface area contributed by atoms with Crippen molar-refractivity contribution in [3.8, 4) is 0 Å². The van der Waals surface area contributed by atoms with Crippen LogP contribution in [0.4, 0.5) is 11.4 Å². The molecule has 0 heterocycles. The first-order valence-corrected chi connectivity index (χ1v) is 11.4. The fraction of sp³-hybridized carbons (Fsp3) is 0.333. The van der Waals surface area contributed by atoms with Crippen molar-refractivity contribution in [2.45, 2.75) is 23.1 Å². The molecule has 2 aromatic carbocycles. The maximum atomic E-state index is 12.7. The maximum Gasteiger partial charge on any atom is 0.261 e. The summed E-state index contributed by atoms with van der Waals surface area (Å²) in [5.41, 5.74) is 1.24. The number of nitrogens with zero attached hydrogens (tertiary/aromatic N) is 2. The number of hydrogen-bond donors (Lipinski definition) is 1. The molecule has 0 amide bonds. The second-order valence-electron chi connectivity index (χ2n) is 6.30. The molecule has 0 unspecified atom stereocenters. The lowest BCUT2D eigenvalue weighted by Gasteiger charge is -2.22. The van der Waals surface area contributed by atoms with Crippen molar-refractivity contribution in [1.29, 1.82) is 0 Å². The quantitative estimate of drug-likeness (QED) is 0.721. The molecule has 1 N–H and O–H groups in total. The summed E-state index contributed by atoms with van der Waals surface area (Å²) in [6, 6.07) is 12.3. The van der Waals surface area contributed by atoms with E-state index in [0.29, 0.717) is 5.69 Å². The maximum absolute atomic E-state index is 12.7. The van der Waals surface area contributed by atoms with Crippen molar-refractivity contribution < 1.29 is 16.8 Å². The van der Waals surface area contributed by atoms with Gasteiger partial charge < -0.3 is 4.90 Å². The third-order valence-electron chi connectivity index (χ3n) is 4.03. The molecule has 0 bridgehead atoms. The zero-order valence-corrected chi connectivity index (χ0v) is 17.5. The molecule has 2 rings (SSSR count). The minimum absolute atomic E-state index is 0.00634. The molecule has 27 heavy (non-hydrogen) atoms. The van der Waals surface area contributed by atoms with E-state index in [9.17, 15) is 16.8 Å². The fourth-order valence-electron chi connectivity index (χ4n) is 2.55. The first-order chi connectivity index (χ1) is 12.6. The van der Waals surface area contributed by atoms with Crippen LogP contribution >= 0.6 is 0 Å². The van der Waals surface area contributed by atoms with Gasteiger partial charge in [-0.15, -0.1) is 0 Å². The molecule has 0 saturated carbocycles. The predicted molar refractivity (Wildman–Crippen MR) is 108 cm³/mol. The number of sulfonamides is 2. The molecular weight excluding hydrogens is 386 g/mol. The summed E-state index contributed by atoms with van der Waals surface area (Å²) in [7, 11) is -2.72. The van der Waals surface area contributed by atoms with Gasteiger partial charge in [-0.3, -0.25) is 4.72 Å². The highest BCUT2D eigenvalue weighted by atomic mass is 32.2. The Kier molecular flexibility index (Phi) is 6.50. The lowest BCUT2D eigenvalue weighted by atomic mass is 10.2. The first-order valence-electron chi connectivity index (χ1n) is 8.45. The number of nitrogens with one attached hydrogen (secondary N) is 1. The van der Waals surface area contributed by atoms with Crippen LogP contribution in [0.3, 0.4) is 0 Å². The van der Waals surface area contributed by atoms with Gasteiger partial charge in [0.05, 0.1) is 21.2 Å². The van der Waals surface area contributed by atoms with Gasteiger partial charge in [0.25, 0.3) is 10.0 Å². The largest absolute Gasteiger partial charge is 0.373 e. The Morgan fingerprint density at radius 3 is 1.96 bits per heavy atom. The van der Waals surface area contributed by atoms with Gasteiger partial charge in [0, 0.05) is 27.7 Å². The highest BCUT2D eigenvalue weighted by Crippen LogP contribution is 2.27. The van der Waals surface area contributed by atoms with E-state index in [0.717, 1.165) is 23.0 Å². The number of hydrogen-bond acceptors (Lipinski definition) is 5. The Hall–Kier alpha value is -2.10. The average molecular weight is 412 g/mol. The Morgan fingerprint density at radius 1 is 0.852 bits per heavy atom. The van der Waals surface area contributed by atoms with Gasteiger partial charge in [-0.25, -0.2) is 21.1 Å². The second kappa shape index (κ2) is 8.28. The van der Waals surface area contributed by atoms with Crippen LogP contribution in [-0.4, -0.2) is 48.8 Å². The summed E-state index contributed by atoms with van der Waals surface area (Å²) in [5, 5.41) is 0. The Morgan fingerprint density at radius 2 is 1.41 bits per heavy atom. The van der Waals surface area contributed by atoms with Gasteiger partial charge in [-0.2, -0.15) is 0 Å². The number of anilines is 2. The van der Waals surface area contributed by atoms with Crippen molar-refractivity contribution in [1.82, 2.24) is 4.31 Å². The topological polar surface area (TPSA) is 86.8 Å². The lowest BCUT2D eigenvalue weighted by Crippen LogP contribution is -2.22. The molecule has 2 aromatic rings. The summed E-state index contributed by atoms with van der Waals surface area (Å²) < 4.78 is 53.4. The van der Waals surface area contributed by atoms with E-state index < -0.39 is 20.0 Å². The third-order valence-corrected chi connectivity index (χ3v) is 7.24. The molecule has 0 aliphatic heterocycles. The van der Waals surface area contributed by atoms with Crippen molar-refractivity contribution in [3.05, 3.63) is 48.5 Å². The average Bonchev–Trinajstić information content (AvgIpc) is 2.62. The van der Waals surface area contributed by atoms with Crippen molar-refractivity contribution in [3.63, 3.8) is 0 Å². The van der Waals surface area contributed by atoms with Crippen molar-refractivity contribution >= 4 is 31.4 Å². The molecule has 0 saturated heterocycles. The molecule has 0 radical (unpaired) electrons. The smallest absolute Gasteiger partial charge is 0.261 e. The van der Waals surface area contributed by atoms with Crippen LogP contribution in [0.25, 0.3) is 0 Å². The highest BCUT2D eigenvalue weighted by Gasteiger charge is 2.20. The molecule has 0 aliphatic rings. The van der Waals surface area contributed by atoms with Crippen molar-refractivity contribution in [2.24, 2.45) is 0 Å². The van der Waals surface area contributed by atoms with Crippen LogP contribution < -0.4 is 9.62 Å². The molecule has 7 nitrogen and oxygen atoms in total.